The summed E-state index contributed by atoms with van der Waals surface area (Å²) in [6, 6.07) is 5.81. The van der Waals surface area contributed by atoms with E-state index in [1.165, 1.54) is 11.3 Å². The third kappa shape index (κ3) is 2.75. The Hall–Kier alpha value is -2.18. The monoisotopic (exact) mass is 356 g/mol. The molecule has 1 aromatic carbocycles. The van der Waals surface area contributed by atoms with Crippen molar-refractivity contribution in [1.82, 2.24) is 10.3 Å². The molecule has 0 aliphatic carbocycles. The minimum atomic E-state index is -0.188. The Morgan fingerprint density at radius 1 is 1.32 bits per heavy atom. The lowest BCUT2D eigenvalue weighted by atomic mass is 9.86. The Morgan fingerprint density at radius 2 is 2.12 bits per heavy atom. The van der Waals surface area contributed by atoms with Gasteiger partial charge in [0.25, 0.3) is 5.56 Å². The summed E-state index contributed by atoms with van der Waals surface area (Å²) in [6.07, 6.45) is 1.87. The number of carbonyl (C=O) groups is 1. The van der Waals surface area contributed by atoms with E-state index in [1.807, 2.05) is 25.1 Å². The first-order valence-corrected chi connectivity index (χ1v) is 9.16. The van der Waals surface area contributed by atoms with Crippen molar-refractivity contribution in [2.75, 3.05) is 13.2 Å². The SMILES string of the molecule is CC1NC/C(=c2/[nH]c(=O)/c(=C/c3ccc4c(c3)C(C)(C)CO4)s2)C1=O. The van der Waals surface area contributed by atoms with E-state index >= 15 is 0 Å². The number of hydrogen-bond donors (Lipinski definition) is 2. The van der Waals surface area contributed by atoms with E-state index in [4.69, 9.17) is 4.74 Å². The van der Waals surface area contributed by atoms with Crippen LogP contribution < -0.4 is 24.8 Å². The molecule has 6 heteroatoms. The van der Waals surface area contributed by atoms with E-state index in [9.17, 15) is 9.59 Å². The average molecular weight is 356 g/mol. The van der Waals surface area contributed by atoms with E-state index < -0.39 is 0 Å². The summed E-state index contributed by atoms with van der Waals surface area (Å²) < 4.78 is 6.97. The van der Waals surface area contributed by atoms with Gasteiger partial charge in [0.2, 0.25) is 0 Å². The first kappa shape index (κ1) is 16.3. The highest BCUT2D eigenvalue weighted by atomic mass is 32.1. The van der Waals surface area contributed by atoms with Gasteiger partial charge in [-0.3, -0.25) is 9.59 Å². The van der Waals surface area contributed by atoms with Gasteiger partial charge in [-0.05, 0) is 30.7 Å². The maximum atomic E-state index is 12.3. The molecule has 0 bridgehead atoms. The third-order valence-electron chi connectivity index (χ3n) is 4.83. The fraction of sp³-hybridized carbons (Fsp3) is 0.368. The Labute approximate surface area is 149 Å². The number of Topliss-reactive ketones (excluding diaryl/α,β-unsaturated/α-hetero) is 1. The minimum Gasteiger partial charge on any atom is -0.492 e. The summed E-state index contributed by atoms with van der Waals surface area (Å²) in [5.41, 5.74) is 2.60. The molecule has 3 heterocycles. The maximum Gasteiger partial charge on any atom is 0.266 e. The number of benzene rings is 1. The Kier molecular flexibility index (Phi) is 3.70. The highest BCUT2D eigenvalue weighted by Crippen LogP contribution is 2.38. The number of aromatic nitrogens is 1. The molecule has 5 nitrogen and oxygen atoms in total. The van der Waals surface area contributed by atoms with Crippen molar-refractivity contribution in [3.05, 3.63) is 48.9 Å². The zero-order chi connectivity index (χ0) is 17.8. The van der Waals surface area contributed by atoms with Crippen LogP contribution in [0, 0.1) is 0 Å². The van der Waals surface area contributed by atoms with Gasteiger partial charge < -0.3 is 15.0 Å². The zero-order valence-electron chi connectivity index (χ0n) is 14.4. The number of nitrogens with one attached hydrogen (secondary N) is 2. The molecule has 2 N–H and O–H groups in total. The first-order valence-electron chi connectivity index (χ1n) is 8.34. The Morgan fingerprint density at radius 3 is 2.84 bits per heavy atom. The maximum absolute atomic E-state index is 12.3. The topological polar surface area (TPSA) is 71.2 Å². The molecular weight excluding hydrogens is 336 g/mol. The summed E-state index contributed by atoms with van der Waals surface area (Å²) in [6.45, 7) is 7.30. The van der Waals surface area contributed by atoms with Crippen molar-refractivity contribution < 1.29 is 9.53 Å². The van der Waals surface area contributed by atoms with Crippen LogP contribution >= 0.6 is 11.3 Å². The van der Waals surface area contributed by atoms with E-state index in [0.717, 1.165) is 16.9 Å². The van der Waals surface area contributed by atoms with Gasteiger partial charge in [-0.25, -0.2) is 0 Å². The normalized spacial score (nSPS) is 24.5. The molecule has 0 amide bonds. The quantitative estimate of drug-likeness (QED) is 0.787. The molecule has 1 atom stereocenters. The van der Waals surface area contributed by atoms with Crippen LogP contribution in [0.25, 0.3) is 11.6 Å². The standard InChI is InChI=1S/C19H20N2O3S/c1-10-16(22)12(8-20-10)18-21-17(23)15(25-18)7-11-4-5-14-13(6-11)19(2,3)9-24-14/h4-7,10,20H,8-9H2,1-3H3,(H,21,23)/b15-7-,18-12+. The van der Waals surface area contributed by atoms with Gasteiger partial charge in [-0.2, -0.15) is 0 Å². The number of H-pyrrole nitrogens is 1. The summed E-state index contributed by atoms with van der Waals surface area (Å²) in [5.74, 6) is 0.968. The lowest BCUT2D eigenvalue weighted by Gasteiger charge is -2.15. The number of fused-ring (bicyclic) bond motifs is 1. The number of ketones is 1. The second kappa shape index (κ2) is 5.68. The van der Waals surface area contributed by atoms with Crippen LogP contribution in [0.5, 0.6) is 5.75 Å². The molecule has 25 heavy (non-hydrogen) atoms. The molecule has 2 aromatic rings. The summed E-state index contributed by atoms with van der Waals surface area (Å²) >= 11 is 1.34. The highest BCUT2D eigenvalue weighted by Gasteiger charge is 2.31. The molecule has 0 spiro atoms. The second-order valence-corrected chi connectivity index (χ2v) is 8.32. The van der Waals surface area contributed by atoms with Crippen LogP contribution in [0.3, 0.4) is 0 Å². The number of carbonyl (C=O) groups excluding carboxylic acids is 1. The summed E-state index contributed by atoms with van der Waals surface area (Å²) in [7, 11) is 0. The van der Waals surface area contributed by atoms with Gasteiger partial charge in [-0.15, -0.1) is 11.3 Å². The molecule has 1 unspecified atom stereocenters. The number of thiazole rings is 1. The summed E-state index contributed by atoms with van der Waals surface area (Å²) in [4.78, 5) is 27.3. The predicted octanol–water partition coefficient (Wildman–Crippen LogP) is 0.647. The fourth-order valence-corrected chi connectivity index (χ4v) is 4.24. The van der Waals surface area contributed by atoms with Crippen LogP contribution in [-0.4, -0.2) is 30.0 Å². The molecule has 2 aliphatic rings. The van der Waals surface area contributed by atoms with Gasteiger partial charge in [0.1, 0.15) is 10.4 Å². The molecule has 2 aliphatic heterocycles. The predicted molar refractivity (Wildman–Crippen MR) is 98.6 cm³/mol. The van der Waals surface area contributed by atoms with Crippen LogP contribution in [0.15, 0.2) is 23.0 Å². The molecule has 0 radical (unpaired) electrons. The molecule has 0 saturated carbocycles. The summed E-state index contributed by atoms with van der Waals surface area (Å²) in [5, 5.41) is 3.11. The number of rotatable bonds is 1. The van der Waals surface area contributed by atoms with Crippen LogP contribution in [0.2, 0.25) is 0 Å². The number of hydrogen-bond acceptors (Lipinski definition) is 5. The van der Waals surface area contributed by atoms with Crippen molar-refractivity contribution in [3.8, 4) is 5.75 Å². The Bertz CT molecular complexity index is 1050. The van der Waals surface area contributed by atoms with Crippen molar-refractivity contribution in [2.45, 2.75) is 32.2 Å². The molecule has 1 fully saturated rings. The van der Waals surface area contributed by atoms with E-state index in [1.54, 1.807) is 0 Å². The number of ether oxygens (including phenoxy) is 1. The van der Waals surface area contributed by atoms with Gasteiger partial charge >= 0.3 is 0 Å². The van der Waals surface area contributed by atoms with Gasteiger partial charge in [0, 0.05) is 23.1 Å². The Balaban J connectivity index is 1.81. The van der Waals surface area contributed by atoms with Crippen molar-refractivity contribution >= 4 is 28.8 Å². The second-order valence-electron chi connectivity index (χ2n) is 7.27. The largest absolute Gasteiger partial charge is 0.492 e. The lowest BCUT2D eigenvalue weighted by molar-refractivity contribution is -0.114. The zero-order valence-corrected chi connectivity index (χ0v) is 15.3. The van der Waals surface area contributed by atoms with E-state index in [2.05, 4.69) is 30.2 Å². The van der Waals surface area contributed by atoms with Gasteiger partial charge in [0.05, 0.1) is 17.2 Å². The van der Waals surface area contributed by atoms with Gasteiger partial charge in [-0.1, -0.05) is 19.9 Å². The van der Waals surface area contributed by atoms with Crippen molar-refractivity contribution in [3.63, 3.8) is 0 Å². The van der Waals surface area contributed by atoms with Crippen LogP contribution in [0.4, 0.5) is 0 Å². The molecule has 4 rings (SSSR count). The fourth-order valence-electron chi connectivity index (χ4n) is 3.25. The van der Waals surface area contributed by atoms with Crippen molar-refractivity contribution in [1.29, 1.82) is 0 Å². The highest BCUT2D eigenvalue weighted by molar-refractivity contribution is 7.07. The first-order chi connectivity index (χ1) is 11.8. The molecule has 130 valence electrons. The van der Waals surface area contributed by atoms with E-state index in [-0.39, 0.29) is 22.8 Å². The number of aromatic amines is 1. The van der Waals surface area contributed by atoms with E-state index in [0.29, 0.717) is 27.9 Å². The molecular formula is C19H20N2O3S. The third-order valence-corrected chi connectivity index (χ3v) is 5.91. The average Bonchev–Trinajstić information content (AvgIpc) is 3.19. The molecule has 1 aromatic heterocycles. The van der Waals surface area contributed by atoms with Crippen LogP contribution in [-0.2, 0) is 10.2 Å². The van der Waals surface area contributed by atoms with Crippen LogP contribution in [0.1, 0.15) is 31.9 Å². The van der Waals surface area contributed by atoms with Crippen molar-refractivity contribution in [2.24, 2.45) is 0 Å². The smallest absolute Gasteiger partial charge is 0.266 e. The minimum absolute atomic E-state index is 0.0276. The molecule has 1 saturated heterocycles. The van der Waals surface area contributed by atoms with Gasteiger partial charge in [0.15, 0.2) is 5.78 Å². The lowest BCUT2D eigenvalue weighted by Crippen LogP contribution is -2.22.